The smallest absolute Gasteiger partial charge is 0.313 e. The fourth-order valence-electron chi connectivity index (χ4n) is 1.46. The highest BCUT2D eigenvalue weighted by Crippen LogP contribution is 2.22. The van der Waals surface area contributed by atoms with Crippen LogP contribution in [-0.2, 0) is 9.53 Å². The molecular formula is C14H19FO2. The summed E-state index contributed by atoms with van der Waals surface area (Å²) in [4.78, 5) is 11.8. The van der Waals surface area contributed by atoms with Gasteiger partial charge >= 0.3 is 5.97 Å². The largest absolute Gasteiger partial charge is 0.460 e. The lowest BCUT2D eigenvalue weighted by molar-refractivity contribution is -0.156. The Labute approximate surface area is 102 Å². The summed E-state index contributed by atoms with van der Waals surface area (Å²) in [6.45, 7) is 8.93. The minimum atomic E-state index is -0.500. The fraction of sp³-hybridized carbons (Fsp3) is 0.500. The summed E-state index contributed by atoms with van der Waals surface area (Å²) in [5.74, 6) is -0.929. The number of hydrogen-bond donors (Lipinski definition) is 0. The molecule has 0 aromatic heterocycles. The highest BCUT2D eigenvalue weighted by Gasteiger charge is 2.23. The Kier molecular flexibility index (Phi) is 3.91. The van der Waals surface area contributed by atoms with E-state index < -0.39 is 5.60 Å². The second-order valence-electron chi connectivity index (χ2n) is 5.26. The zero-order chi connectivity index (χ0) is 13.2. The van der Waals surface area contributed by atoms with Gasteiger partial charge < -0.3 is 4.74 Å². The summed E-state index contributed by atoms with van der Waals surface area (Å²) in [7, 11) is 0. The lowest BCUT2D eigenvalue weighted by Gasteiger charge is -2.22. The van der Waals surface area contributed by atoms with Crippen molar-refractivity contribution >= 4 is 5.97 Å². The number of carbonyl (C=O) groups is 1. The molecule has 0 radical (unpaired) electrons. The van der Waals surface area contributed by atoms with E-state index in [0.717, 1.165) is 5.56 Å². The Bertz CT molecular complexity index is 419. The van der Waals surface area contributed by atoms with Crippen molar-refractivity contribution in [1.82, 2.24) is 0 Å². The van der Waals surface area contributed by atoms with E-state index in [9.17, 15) is 9.18 Å². The van der Waals surface area contributed by atoms with Crippen molar-refractivity contribution in [2.24, 2.45) is 0 Å². The molecule has 1 aromatic rings. The van der Waals surface area contributed by atoms with Crippen molar-refractivity contribution in [3.05, 3.63) is 35.1 Å². The molecule has 0 spiro atoms. The van der Waals surface area contributed by atoms with E-state index in [2.05, 4.69) is 0 Å². The van der Waals surface area contributed by atoms with Gasteiger partial charge in [0.05, 0.1) is 5.92 Å². The second-order valence-corrected chi connectivity index (χ2v) is 5.26. The number of ether oxygens (including phenoxy) is 1. The predicted octanol–water partition coefficient (Wildman–Crippen LogP) is 3.58. The molecule has 0 saturated carbocycles. The van der Waals surface area contributed by atoms with E-state index in [0.29, 0.717) is 5.56 Å². The highest BCUT2D eigenvalue weighted by atomic mass is 19.1. The maximum Gasteiger partial charge on any atom is 0.313 e. The quantitative estimate of drug-likeness (QED) is 0.736. The number of esters is 1. The molecule has 3 heteroatoms. The summed E-state index contributed by atoms with van der Waals surface area (Å²) >= 11 is 0. The zero-order valence-electron chi connectivity index (χ0n) is 11.0. The predicted molar refractivity (Wildman–Crippen MR) is 65.4 cm³/mol. The zero-order valence-corrected chi connectivity index (χ0v) is 11.0. The molecular weight excluding hydrogens is 219 g/mol. The van der Waals surface area contributed by atoms with E-state index in [4.69, 9.17) is 4.74 Å². The molecule has 2 nitrogen and oxygen atoms in total. The third-order valence-corrected chi connectivity index (χ3v) is 2.44. The first kappa shape index (κ1) is 13.7. The molecule has 0 amide bonds. The van der Waals surface area contributed by atoms with Crippen LogP contribution in [0, 0.1) is 12.7 Å². The van der Waals surface area contributed by atoms with Crippen LogP contribution in [0.2, 0.25) is 0 Å². The Morgan fingerprint density at radius 1 is 1.35 bits per heavy atom. The van der Waals surface area contributed by atoms with Crippen molar-refractivity contribution in [3.8, 4) is 0 Å². The Hall–Kier alpha value is -1.38. The van der Waals surface area contributed by atoms with Gasteiger partial charge in [-0.1, -0.05) is 12.1 Å². The summed E-state index contributed by atoms with van der Waals surface area (Å²) < 4.78 is 18.4. The maximum atomic E-state index is 13.1. The third-order valence-electron chi connectivity index (χ3n) is 2.44. The van der Waals surface area contributed by atoms with Gasteiger partial charge in [0.25, 0.3) is 0 Å². The number of benzene rings is 1. The van der Waals surface area contributed by atoms with Gasteiger partial charge in [0.1, 0.15) is 11.4 Å². The monoisotopic (exact) mass is 238 g/mol. The lowest BCUT2D eigenvalue weighted by Crippen LogP contribution is -2.26. The minimum Gasteiger partial charge on any atom is -0.460 e. The fourth-order valence-corrected chi connectivity index (χ4v) is 1.46. The number of hydrogen-bond acceptors (Lipinski definition) is 2. The lowest BCUT2D eigenvalue weighted by atomic mass is 9.99. The normalized spacial score (nSPS) is 13.3. The van der Waals surface area contributed by atoms with Gasteiger partial charge in [-0.05, 0) is 51.8 Å². The maximum absolute atomic E-state index is 13.1. The van der Waals surface area contributed by atoms with E-state index in [1.807, 2.05) is 20.8 Å². The molecule has 1 unspecified atom stereocenters. The van der Waals surface area contributed by atoms with Crippen LogP contribution >= 0.6 is 0 Å². The first-order chi connectivity index (χ1) is 7.70. The van der Waals surface area contributed by atoms with Crippen LogP contribution in [0.4, 0.5) is 4.39 Å². The van der Waals surface area contributed by atoms with Crippen molar-refractivity contribution in [3.63, 3.8) is 0 Å². The summed E-state index contributed by atoms with van der Waals surface area (Å²) in [6.07, 6.45) is 0. The standard InChI is InChI=1S/C14H19FO2/c1-9-8-11(6-7-12(9)15)10(2)13(16)17-14(3,4)5/h6-8,10H,1-5H3. The van der Waals surface area contributed by atoms with Crippen molar-refractivity contribution < 1.29 is 13.9 Å². The first-order valence-electron chi connectivity index (χ1n) is 5.69. The molecule has 94 valence electrons. The molecule has 0 aliphatic carbocycles. The topological polar surface area (TPSA) is 26.3 Å². The summed E-state index contributed by atoms with van der Waals surface area (Å²) in [5.41, 5.74) is 0.816. The molecule has 0 N–H and O–H groups in total. The van der Waals surface area contributed by atoms with E-state index in [1.54, 1.807) is 26.0 Å². The average Bonchev–Trinajstić information content (AvgIpc) is 2.18. The molecule has 0 bridgehead atoms. The van der Waals surface area contributed by atoms with Gasteiger partial charge in [0, 0.05) is 0 Å². The summed E-state index contributed by atoms with van der Waals surface area (Å²) in [5, 5.41) is 0. The van der Waals surface area contributed by atoms with E-state index >= 15 is 0 Å². The van der Waals surface area contributed by atoms with Gasteiger partial charge in [-0.15, -0.1) is 0 Å². The molecule has 17 heavy (non-hydrogen) atoms. The molecule has 1 atom stereocenters. The van der Waals surface area contributed by atoms with Crippen LogP contribution in [0.25, 0.3) is 0 Å². The van der Waals surface area contributed by atoms with Crippen LogP contribution in [0.3, 0.4) is 0 Å². The number of rotatable bonds is 2. The molecule has 0 saturated heterocycles. The number of halogens is 1. The van der Waals surface area contributed by atoms with Crippen LogP contribution in [0.5, 0.6) is 0 Å². The molecule has 1 rings (SSSR count). The van der Waals surface area contributed by atoms with Crippen molar-refractivity contribution in [2.45, 2.75) is 46.1 Å². The van der Waals surface area contributed by atoms with Crippen LogP contribution in [-0.4, -0.2) is 11.6 Å². The molecule has 0 aliphatic rings. The Morgan fingerprint density at radius 2 is 1.94 bits per heavy atom. The molecule has 0 heterocycles. The average molecular weight is 238 g/mol. The van der Waals surface area contributed by atoms with E-state index in [1.165, 1.54) is 6.07 Å². The molecule has 1 aromatic carbocycles. The Balaban J connectivity index is 2.85. The number of carbonyl (C=O) groups excluding carboxylic acids is 1. The van der Waals surface area contributed by atoms with E-state index in [-0.39, 0.29) is 17.7 Å². The van der Waals surface area contributed by atoms with Gasteiger partial charge in [-0.3, -0.25) is 4.79 Å². The molecule has 0 fully saturated rings. The van der Waals surface area contributed by atoms with Gasteiger partial charge in [-0.2, -0.15) is 0 Å². The van der Waals surface area contributed by atoms with Gasteiger partial charge in [0.2, 0.25) is 0 Å². The van der Waals surface area contributed by atoms with Crippen LogP contribution in [0.15, 0.2) is 18.2 Å². The van der Waals surface area contributed by atoms with Crippen LogP contribution in [0.1, 0.15) is 44.7 Å². The number of aryl methyl sites for hydroxylation is 1. The minimum absolute atomic E-state index is 0.259. The Morgan fingerprint density at radius 3 is 2.41 bits per heavy atom. The summed E-state index contributed by atoms with van der Waals surface area (Å²) in [6, 6.07) is 4.69. The van der Waals surface area contributed by atoms with Crippen LogP contribution < -0.4 is 0 Å². The van der Waals surface area contributed by atoms with Crippen molar-refractivity contribution in [2.75, 3.05) is 0 Å². The van der Waals surface area contributed by atoms with Gasteiger partial charge in [0.15, 0.2) is 0 Å². The highest BCUT2D eigenvalue weighted by molar-refractivity contribution is 5.78. The van der Waals surface area contributed by atoms with Crippen molar-refractivity contribution in [1.29, 1.82) is 0 Å². The SMILES string of the molecule is Cc1cc(C(C)C(=O)OC(C)(C)C)ccc1F. The first-order valence-corrected chi connectivity index (χ1v) is 5.69. The molecule has 0 aliphatic heterocycles. The third kappa shape index (κ3) is 3.84. The second kappa shape index (κ2) is 4.86. The van der Waals surface area contributed by atoms with Gasteiger partial charge in [-0.25, -0.2) is 4.39 Å².